The molecular formula is C14H16N2O2S. The SMILES string of the molecule is CC(NCc1cccs1)(C(N)=O)c1cccc(O)c1. The van der Waals surface area contributed by atoms with Crippen LogP contribution in [0.3, 0.4) is 0 Å². The second kappa shape index (κ2) is 5.42. The summed E-state index contributed by atoms with van der Waals surface area (Å²) in [6.07, 6.45) is 0. The van der Waals surface area contributed by atoms with Crippen LogP contribution >= 0.6 is 11.3 Å². The molecule has 1 aromatic carbocycles. The molecule has 4 nitrogen and oxygen atoms in total. The molecule has 0 saturated carbocycles. The molecule has 0 spiro atoms. The molecule has 1 heterocycles. The lowest BCUT2D eigenvalue weighted by Gasteiger charge is -2.28. The van der Waals surface area contributed by atoms with Crippen molar-refractivity contribution in [2.24, 2.45) is 5.73 Å². The van der Waals surface area contributed by atoms with Gasteiger partial charge >= 0.3 is 0 Å². The lowest BCUT2D eigenvalue weighted by molar-refractivity contribution is -0.124. The van der Waals surface area contributed by atoms with E-state index in [1.54, 1.807) is 42.5 Å². The van der Waals surface area contributed by atoms with E-state index in [9.17, 15) is 9.90 Å². The van der Waals surface area contributed by atoms with Gasteiger partial charge in [0, 0.05) is 11.4 Å². The maximum atomic E-state index is 11.8. The molecule has 0 bridgehead atoms. The molecule has 4 N–H and O–H groups in total. The molecule has 0 saturated heterocycles. The highest BCUT2D eigenvalue weighted by Gasteiger charge is 2.32. The van der Waals surface area contributed by atoms with Gasteiger partial charge in [0.25, 0.3) is 0 Å². The Labute approximate surface area is 115 Å². The van der Waals surface area contributed by atoms with Crippen LogP contribution in [-0.4, -0.2) is 11.0 Å². The van der Waals surface area contributed by atoms with Crippen molar-refractivity contribution in [1.82, 2.24) is 5.32 Å². The lowest BCUT2D eigenvalue weighted by atomic mass is 9.91. The van der Waals surface area contributed by atoms with Gasteiger partial charge in [-0.3, -0.25) is 10.1 Å². The van der Waals surface area contributed by atoms with Gasteiger partial charge in [-0.25, -0.2) is 0 Å². The molecule has 1 aromatic heterocycles. The van der Waals surface area contributed by atoms with Gasteiger partial charge in [0.2, 0.25) is 5.91 Å². The van der Waals surface area contributed by atoms with Crippen molar-refractivity contribution in [3.63, 3.8) is 0 Å². The number of carbonyl (C=O) groups is 1. The molecule has 1 amide bonds. The fourth-order valence-electron chi connectivity index (χ4n) is 1.83. The molecule has 19 heavy (non-hydrogen) atoms. The third-order valence-corrected chi connectivity index (χ3v) is 3.99. The van der Waals surface area contributed by atoms with Crippen LogP contribution in [0.4, 0.5) is 0 Å². The van der Waals surface area contributed by atoms with Gasteiger partial charge in [0.1, 0.15) is 11.3 Å². The minimum Gasteiger partial charge on any atom is -0.508 e. The van der Waals surface area contributed by atoms with Gasteiger partial charge in [0.15, 0.2) is 0 Å². The number of phenolic OH excluding ortho intramolecular Hbond substituents is 1. The number of aromatic hydroxyl groups is 1. The first-order valence-electron chi connectivity index (χ1n) is 5.89. The maximum Gasteiger partial charge on any atom is 0.242 e. The molecule has 0 aliphatic carbocycles. The molecule has 0 aliphatic heterocycles. The van der Waals surface area contributed by atoms with Gasteiger partial charge in [-0.15, -0.1) is 11.3 Å². The highest BCUT2D eigenvalue weighted by Crippen LogP contribution is 2.24. The number of carbonyl (C=O) groups excluding carboxylic acids is 1. The van der Waals surface area contributed by atoms with Crippen molar-refractivity contribution in [2.75, 3.05) is 0 Å². The number of hydrogen-bond donors (Lipinski definition) is 3. The third kappa shape index (κ3) is 2.94. The summed E-state index contributed by atoms with van der Waals surface area (Å²) in [6, 6.07) is 10.5. The van der Waals surface area contributed by atoms with E-state index >= 15 is 0 Å². The summed E-state index contributed by atoms with van der Waals surface area (Å²) in [7, 11) is 0. The number of thiophene rings is 1. The van der Waals surface area contributed by atoms with E-state index < -0.39 is 11.4 Å². The molecule has 5 heteroatoms. The number of nitrogens with two attached hydrogens (primary N) is 1. The minimum atomic E-state index is -1.01. The lowest BCUT2D eigenvalue weighted by Crippen LogP contribution is -2.49. The van der Waals surface area contributed by atoms with Gasteiger partial charge in [-0.2, -0.15) is 0 Å². The molecule has 2 rings (SSSR count). The zero-order chi connectivity index (χ0) is 13.9. The van der Waals surface area contributed by atoms with Crippen molar-refractivity contribution in [1.29, 1.82) is 0 Å². The quantitative estimate of drug-likeness (QED) is 0.781. The first-order chi connectivity index (χ1) is 9.02. The first kappa shape index (κ1) is 13.6. The van der Waals surface area contributed by atoms with Crippen LogP contribution in [0.2, 0.25) is 0 Å². The fourth-order valence-corrected chi connectivity index (χ4v) is 2.47. The van der Waals surface area contributed by atoms with E-state index in [4.69, 9.17) is 5.73 Å². The Bertz CT molecular complexity index is 569. The summed E-state index contributed by atoms with van der Waals surface area (Å²) in [6.45, 7) is 2.27. The van der Waals surface area contributed by atoms with Crippen LogP contribution < -0.4 is 11.1 Å². The van der Waals surface area contributed by atoms with Gasteiger partial charge in [-0.1, -0.05) is 18.2 Å². The van der Waals surface area contributed by atoms with Crippen molar-refractivity contribution >= 4 is 17.2 Å². The zero-order valence-corrected chi connectivity index (χ0v) is 11.4. The summed E-state index contributed by atoms with van der Waals surface area (Å²) < 4.78 is 0. The van der Waals surface area contributed by atoms with Crippen LogP contribution in [0.5, 0.6) is 5.75 Å². The molecule has 0 aliphatic rings. The molecule has 0 fully saturated rings. The Kier molecular flexibility index (Phi) is 3.87. The monoisotopic (exact) mass is 276 g/mol. The average Bonchev–Trinajstić information content (AvgIpc) is 2.88. The number of amides is 1. The molecular weight excluding hydrogens is 260 g/mol. The van der Waals surface area contributed by atoms with E-state index in [2.05, 4.69) is 5.32 Å². The fraction of sp³-hybridized carbons (Fsp3) is 0.214. The van der Waals surface area contributed by atoms with Crippen molar-refractivity contribution in [3.8, 4) is 5.75 Å². The number of hydrogen-bond acceptors (Lipinski definition) is 4. The summed E-state index contributed by atoms with van der Waals surface area (Å²) >= 11 is 1.61. The topological polar surface area (TPSA) is 75.3 Å². The Hall–Kier alpha value is -1.85. The Morgan fingerprint density at radius 1 is 1.42 bits per heavy atom. The van der Waals surface area contributed by atoms with Crippen molar-refractivity contribution < 1.29 is 9.90 Å². The summed E-state index contributed by atoms with van der Waals surface area (Å²) in [5.74, 6) is -0.363. The van der Waals surface area contributed by atoms with Crippen LogP contribution in [0, 0.1) is 0 Å². The predicted octanol–water partition coefficient (Wildman–Crippen LogP) is 1.94. The van der Waals surface area contributed by atoms with Gasteiger partial charge in [-0.05, 0) is 36.1 Å². The van der Waals surface area contributed by atoms with Crippen molar-refractivity contribution in [3.05, 3.63) is 52.2 Å². The first-order valence-corrected chi connectivity index (χ1v) is 6.77. The van der Waals surface area contributed by atoms with Crippen LogP contribution in [0.15, 0.2) is 41.8 Å². The average molecular weight is 276 g/mol. The molecule has 1 atom stereocenters. The van der Waals surface area contributed by atoms with Crippen LogP contribution in [0.1, 0.15) is 17.4 Å². The predicted molar refractivity (Wildman–Crippen MR) is 75.8 cm³/mol. The number of primary amides is 1. The number of nitrogens with one attached hydrogen (secondary N) is 1. The largest absolute Gasteiger partial charge is 0.508 e. The van der Waals surface area contributed by atoms with Crippen LogP contribution in [-0.2, 0) is 16.9 Å². The van der Waals surface area contributed by atoms with E-state index in [0.29, 0.717) is 12.1 Å². The maximum absolute atomic E-state index is 11.8. The number of rotatable bonds is 5. The zero-order valence-electron chi connectivity index (χ0n) is 10.6. The highest BCUT2D eigenvalue weighted by atomic mass is 32.1. The normalized spacial score (nSPS) is 13.9. The molecule has 2 aromatic rings. The van der Waals surface area contributed by atoms with E-state index in [-0.39, 0.29) is 5.75 Å². The smallest absolute Gasteiger partial charge is 0.242 e. The van der Waals surface area contributed by atoms with E-state index in [1.165, 1.54) is 0 Å². The van der Waals surface area contributed by atoms with E-state index in [0.717, 1.165) is 4.88 Å². The van der Waals surface area contributed by atoms with E-state index in [1.807, 2.05) is 17.5 Å². The second-order valence-electron chi connectivity index (χ2n) is 4.47. The van der Waals surface area contributed by atoms with Crippen molar-refractivity contribution in [2.45, 2.75) is 19.0 Å². The molecule has 1 unspecified atom stereocenters. The molecule has 0 radical (unpaired) electrons. The summed E-state index contributed by atoms with van der Waals surface area (Å²) in [4.78, 5) is 12.9. The Balaban J connectivity index is 2.24. The third-order valence-electron chi connectivity index (χ3n) is 3.11. The van der Waals surface area contributed by atoms with Gasteiger partial charge < -0.3 is 10.8 Å². The molecule has 100 valence electrons. The number of phenols is 1. The minimum absolute atomic E-state index is 0.114. The summed E-state index contributed by atoms with van der Waals surface area (Å²) in [5.41, 5.74) is 5.15. The Morgan fingerprint density at radius 3 is 2.79 bits per heavy atom. The standard InChI is InChI=1S/C14H16N2O2S/c1-14(13(15)18,10-4-2-5-11(17)8-10)16-9-12-6-3-7-19-12/h2-8,16-17H,9H2,1H3,(H2,15,18). The van der Waals surface area contributed by atoms with Crippen LogP contribution in [0.25, 0.3) is 0 Å². The number of benzene rings is 1. The second-order valence-corrected chi connectivity index (χ2v) is 5.50. The van der Waals surface area contributed by atoms with Gasteiger partial charge in [0.05, 0.1) is 0 Å². The Morgan fingerprint density at radius 2 is 2.21 bits per heavy atom. The highest BCUT2D eigenvalue weighted by molar-refractivity contribution is 7.09. The summed E-state index contributed by atoms with van der Waals surface area (Å²) in [5, 5.41) is 14.7.